The molecule has 0 spiro atoms. The number of carboxylic acid groups (broad SMARTS) is 1. The van der Waals surface area contributed by atoms with Crippen molar-refractivity contribution < 1.29 is 9.90 Å². The fourth-order valence-electron chi connectivity index (χ4n) is 2.06. The van der Waals surface area contributed by atoms with Crippen molar-refractivity contribution in [3.05, 3.63) is 11.6 Å². The third kappa shape index (κ3) is 3.21. The van der Waals surface area contributed by atoms with E-state index in [4.69, 9.17) is 5.11 Å². The molecule has 0 heterocycles. The second kappa shape index (κ2) is 4.45. The van der Waals surface area contributed by atoms with Gasteiger partial charge in [-0.2, -0.15) is 0 Å². The molecule has 1 rings (SSSR count). The molecule has 0 amide bonds. The first-order valence-electron chi connectivity index (χ1n) is 5.01. The van der Waals surface area contributed by atoms with Crippen molar-refractivity contribution in [2.24, 2.45) is 11.8 Å². The second-order valence-electron chi connectivity index (χ2n) is 4.19. The predicted molar refractivity (Wildman–Crippen MR) is 52.5 cm³/mol. The van der Waals surface area contributed by atoms with Crippen molar-refractivity contribution in [2.45, 2.75) is 39.5 Å². The lowest BCUT2D eigenvalue weighted by Gasteiger charge is -2.24. The van der Waals surface area contributed by atoms with Crippen molar-refractivity contribution in [2.75, 3.05) is 0 Å². The zero-order chi connectivity index (χ0) is 9.84. The molecule has 1 saturated carbocycles. The number of aliphatic carboxylic acids is 1. The zero-order valence-corrected chi connectivity index (χ0v) is 8.42. The average Bonchev–Trinajstić information content (AvgIpc) is 2.04. The SMILES string of the molecule is CC(=CC1CCCC(C)C1)C(=O)O. The normalized spacial score (nSPS) is 30.2. The summed E-state index contributed by atoms with van der Waals surface area (Å²) in [5.74, 6) is 0.481. The summed E-state index contributed by atoms with van der Waals surface area (Å²) in [6.45, 7) is 3.93. The lowest BCUT2D eigenvalue weighted by molar-refractivity contribution is -0.132. The largest absolute Gasteiger partial charge is 0.478 e. The van der Waals surface area contributed by atoms with Crippen LogP contribution in [0.5, 0.6) is 0 Å². The Morgan fingerprint density at radius 1 is 1.46 bits per heavy atom. The number of hydrogen-bond acceptors (Lipinski definition) is 1. The van der Waals surface area contributed by atoms with Gasteiger partial charge in [-0.05, 0) is 31.6 Å². The molecule has 0 aromatic rings. The van der Waals surface area contributed by atoms with Gasteiger partial charge in [0.2, 0.25) is 0 Å². The van der Waals surface area contributed by atoms with E-state index >= 15 is 0 Å². The van der Waals surface area contributed by atoms with Gasteiger partial charge >= 0.3 is 5.97 Å². The van der Waals surface area contributed by atoms with Crippen LogP contribution < -0.4 is 0 Å². The van der Waals surface area contributed by atoms with Crippen molar-refractivity contribution >= 4 is 5.97 Å². The van der Waals surface area contributed by atoms with E-state index in [0.717, 1.165) is 18.8 Å². The van der Waals surface area contributed by atoms with Gasteiger partial charge in [0.1, 0.15) is 0 Å². The lowest BCUT2D eigenvalue weighted by Crippen LogP contribution is -2.12. The Labute approximate surface area is 79.6 Å². The maximum Gasteiger partial charge on any atom is 0.330 e. The van der Waals surface area contributed by atoms with Gasteiger partial charge in [-0.15, -0.1) is 0 Å². The summed E-state index contributed by atoms with van der Waals surface area (Å²) >= 11 is 0. The Hall–Kier alpha value is -0.790. The summed E-state index contributed by atoms with van der Waals surface area (Å²) in [6, 6.07) is 0. The smallest absolute Gasteiger partial charge is 0.330 e. The van der Waals surface area contributed by atoms with Crippen molar-refractivity contribution in [3.8, 4) is 0 Å². The van der Waals surface area contributed by atoms with E-state index < -0.39 is 5.97 Å². The monoisotopic (exact) mass is 182 g/mol. The highest BCUT2D eigenvalue weighted by atomic mass is 16.4. The van der Waals surface area contributed by atoms with Gasteiger partial charge in [0.05, 0.1) is 0 Å². The Morgan fingerprint density at radius 2 is 2.15 bits per heavy atom. The molecule has 0 bridgehead atoms. The molecule has 2 atom stereocenters. The van der Waals surface area contributed by atoms with Crippen LogP contribution in [0.25, 0.3) is 0 Å². The minimum Gasteiger partial charge on any atom is -0.478 e. The summed E-state index contributed by atoms with van der Waals surface area (Å²) in [7, 11) is 0. The van der Waals surface area contributed by atoms with Crippen molar-refractivity contribution in [1.82, 2.24) is 0 Å². The van der Waals surface area contributed by atoms with Crippen molar-refractivity contribution in [3.63, 3.8) is 0 Å². The second-order valence-corrected chi connectivity index (χ2v) is 4.19. The summed E-state index contributed by atoms with van der Waals surface area (Å²) in [5, 5.41) is 8.71. The summed E-state index contributed by atoms with van der Waals surface area (Å²) in [6.07, 6.45) is 6.79. The molecule has 74 valence electrons. The maximum absolute atomic E-state index is 10.6. The highest BCUT2D eigenvalue weighted by Crippen LogP contribution is 2.29. The number of allylic oxidation sites excluding steroid dienone is 1. The molecule has 0 aromatic carbocycles. The van der Waals surface area contributed by atoms with Crippen LogP contribution in [-0.2, 0) is 4.79 Å². The summed E-state index contributed by atoms with van der Waals surface area (Å²) < 4.78 is 0. The molecule has 0 radical (unpaired) electrons. The molecule has 2 nitrogen and oxygen atoms in total. The Bertz CT molecular complexity index is 218. The lowest BCUT2D eigenvalue weighted by atomic mass is 9.82. The molecule has 13 heavy (non-hydrogen) atoms. The maximum atomic E-state index is 10.6. The van der Waals surface area contributed by atoms with Gasteiger partial charge in [0.25, 0.3) is 0 Å². The highest BCUT2D eigenvalue weighted by Gasteiger charge is 2.17. The van der Waals surface area contributed by atoms with Crippen LogP contribution in [0.4, 0.5) is 0 Å². The van der Waals surface area contributed by atoms with Gasteiger partial charge in [0.15, 0.2) is 0 Å². The Balaban J connectivity index is 2.52. The molecule has 2 unspecified atom stereocenters. The highest BCUT2D eigenvalue weighted by molar-refractivity contribution is 5.85. The first-order valence-corrected chi connectivity index (χ1v) is 5.01. The van der Waals surface area contributed by atoms with Crippen LogP contribution in [0.2, 0.25) is 0 Å². The first-order chi connectivity index (χ1) is 6.09. The predicted octanol–water partition coefficient (Wildman–Crippen LogP) is 2.84. The van der Waals surface area contributed by atoms with E-state index in [-0.39, 0.29) is 0 Å². The molecule has 0 aromatic heterocycles. The molecular weight excluding hydrogens is 164 g/mol. The molecule has 1 aliphatic rings. The molecule has 1 fully saturated rings. The van der Waals surface area contributed by atoms with Crippen LogP contribution in [0.1, 0.15) is 39.5 Å². The van der Waals surface area contributed by atoms with E-state index in [1.54, 1.807) is 6.92 Å². The topological polar surface area (TPSA) is 37.3 Å². The first kappa shape index (κ1) is 10.3. The third-order valence-corrected chi connectivity index (χ3v) is 2.80. The van der Waals surface area contributed by atoms with E-state index in [9.17, 15) is 4.79 Å². The van der Waals surface area contributed by atoms with E-state index in [1.165, 1.54) is 12.8 Å². The molecule has 1 aliphatic carbocycles. The van der Waals surface area contributed by atoms with Crippen molar-refractivity contribution in [1.29, 1.82) is 0 Å². The average molecular weight is 182 g/mol. The number of rotatable bonds is 2. The molecule has 0 saturated heterocycles. The summed E-state index contributed by atoms with van der Waals surface area (Å²) in [4.78, 5) is 10.6. The van der Waals surface area contributed by atoms with Gasteiger partial charge in [-0.3, -0.25) is 0 Å². The standard InChI is InChI=1S/C11H18O2/c1-8-4-3-5-10(6-8)7-9(2)11(12)13/h7-8,10H,3-6H2,1-2H3,(H,12,13). The fraction of sp³-hybridized carbons (Fsp3) is 0.727. The summed E-state index contributed by atoms with van der Waals surface area (Å²) in [5.41, 5.74) is 0.499. The van der Waals surface area contributed by atoms with Gasteiger partial charge in [-0.1, -0.05) is 25.8 Å². The molecule has 1 N–H and O–H groups in total. The quantitative estimate of drug-likeness (QED) is 0.667. The molecular formula is C11H18O2. The number of carboxylic acids is 1. The van der Waals surface area contributed by atoms with Crippen LogP contribution >= 0.6 is 0 Å². The van der Waals surface area contributed by atoms with E-state index in [2.05, 4.69) is 6.92 Å². The minimum atomic E-state index is -0.779. The van der Waals surface area contributed by atoms with Crippen LogP contribution in [0.15, 0.2) is 11.6 Å². The fourth-order valence-corrected chi connectivity index (χ4v) is 2.06. The molecule has 2 heteroatoms. The minimum absolute atomic E-state index is 0.499. The third-order valence-electron chi connectivity index (χ3n) is 2.80. The van der Waals surface area contributed by atoms with Crippen LogP contribution in [-0.4, -0.2) is 11.1 Å². The van der Waals surface area contributed by atoms with Gasteiger partial charge in [0, 0.05) is 5.57 Å². The van der Waals surface area contributed by atoms with Gasteiger partial charge < -0.3 is 5.11 Å². The Morgan fingerprint density at radius 3 is 2.69 bits per heavy atom. The molecule has 0 aliphatic heterocycles. The zero-order valence-electron chi connectivity index (χ0n) is 8.42. The Kier molecular flexibility index (Phi) is 3.52. The van der Waals surface area contributed by atoms with E-state index in [1.807, 2.05) is 6.08 Å². The van der Waals surface area contributed by atoms with E-state index in [0.29, 0.717) is 11.5 Å². The van der Waals surface area contributed by atoms with Crippen LogP contribution in [0.3, 0.4) is 0 Å². The van der Waals surface area contributed by atoms with Crippen LogP contribution in [0, 0.1) is 11.8 Å². The number of hydrogen-bond donors (Lipinski definition) is 1. The number of carbonyl (C=O) groups is 1. The van der Waals surface area contributed by atoms with Gasteiger partial charge in [-0.25, -0.2) is 4.79 Å².